The van der Waals surface area contributed by atoms with Crippen LogP contribution in [0.3, 0.4) is 0 Å². The van der Waals surface area contributed by atoms with Crippen LogP contribution in [0.1, 0.15) is 51.2 Å². The molecule has 0 radical (unpaired) electrons. The van der Waals surface area contributed by atoms with Crippen molar-refractivity contribution < 1.29 is 9.53 Å². The third-order valence-electron chi connectivity index (χ3n) is 7.98. The molecule has 186 valence electrons. The SMILES string of the molecule is CN(C(=O)OC(C)(C)C)[C@]12CN(c3ncnc4c3C3(CCC3)CN4c3cc(C#N)ccn3)CC1C=N2. The monoisotopic (exact) mass is 486 g/mol. The maximum absolute atomic E-state index is 12.9. The van der Waals surface area contributed by atoms with Crippen LogP contribution in [0.4, 0.5) is 22.2 Å². The van der Waals surface area contributed by atoms with Crippen molar-refractivity contribution in [2.24, 2.45) is 10.9 Å². The number of ether oxygens (including phenoxy) is 1. The summed E-state index contributed by atoms with van der Waals surface area (Å²) in [6.07, 6.45) is 8.13. The average molecular weight is 487 g/mol. The molecule has 1 amide bonds. The van der Waals surface area contributed by atoms with Crippen molar-refractivity contribution in [3.8, 4) is 6.07 Å². The molecule has 10 nitrogen and oxygen atoms in total. The zero-order chi connectivity index (χ0) is 25.3. The highest BCUT2D eigenvalue weighted by atomic mass is 16.6. The van der Waals surface area contributed by atoms with Gasteiger partial charge in [-0.2, -0.15) is 5.26 Å². The number of hydrogen-bond acceptors (Lipinski definition) is 9. The highest BCUT2D eigenvalue weighted by molar-refractivity contribution is 5.80. The number of rotatable bonds is 3. The molecular weight excluding hydrogens is 456 g/mol. The Morgan fingerprint density at radius 1 is 1.22 bits per heavy atom. The van der Waals surface area contributed by atoms with Crippen LogP contribution in [0.5, 0.6) is 0 Å². The molecular formula is C26H30N8O2. The number of nitriles is 1. The Kier molecular flexibility index (Phi) is 4.81. The summed E-state index contributed by atoms with van der Waals surface area (Å²) in [6.45, 7) is 7.65. The lowest BCUT2D eigenvalue weighted by atomic mass is 9.66. The van der Waals surface area contributed by atoms with Crippen molar-refractivity contribution in [3.63, 3.8) is 0 Å². The summed E-state index contributed by atoms with van der Waals surface area (Å²) in [4.78, 5) is 37.7. The van der Waals surface area contributed by atoms with Gasteiger partial charge in [-0.05, 0) is 45.7 Å². The van der Waals surface area contributed by atoms with E-state index in [1.165, 1.54) is 0 Å². The Labute approximate surface area is 210 Å². The number of likely N-dealkylation sites (N-methyl/N-ethyl adjacent to an activating group) is 1. The smallest absolute Gasteiger partial charge is 0.412 e. The van der Waals surface area contributed by atoms with Gasteiger partial charge in [0.1, 0.15) is 29.4 Å². The van der Waals surface area contributed by atoms with Gasteiger partial charge >= 0.3 is 6.09 Å². The molecule has 2 fully saturated rings. The topological polar surface area (TPSA) is 111 Å². The Hall–Kier alpha value is -3.74. The fraction of sp³-hybridized carbons (Fsp3) is 0.538. The van der Waals surface area contributed by atoms with Crippen LogP contribution in [0.2, 0.25) is 0 Å². The van der Waals surface area contributed by atoms with Crippen LogP contribution in [-0.2, 0) is 10.2 Å². The third-order valence-corrected chi connectivity index (χ3v) is 7.98. The van der Waals surface area contributed by atoms with Gasteiger partial charge < -0.3 is 14.5 Å². The van der Waals surface area contributed by atoms with Crippen LogP contribution in [-0.4, -0.2) is 70.1 Å². The lowest BCUT2D eigenvalue weighted by Crippen LogP contribution is -2.59. The van der Waals surface area contributed by atoms with E-state index in [1.54, 1.807) is 30.5 Å². The largest absolute Gasteiger partial charge is 0.444 e. The fourth-order valence-corrected chi connectivity index (χ4v) is 5.96. The van der Waals surface area contributed by atoms with Crippen LogP contribution in [0, 0.1) is 17.2 Å². The number of carbonyl (C=O) groups is 1. The van der Waals surface area contributed by atoms with Crippen molar-refractivity contribution in [3.05, 3.63) is 35.8 Å². The summed E-state index contributed by atoms with van der Waals surface area (Å²) < 4.78 is 5.65. The first-order valence-corrected chi connectivity index (χ1v) is 12.4. The van der Waals surface area contributed by atoms with E-state index in [9.17, 15) is 10.1 Å². The van der Waals surface area contributed by atoms with Crippen molar-refractivity contribution in [2.45, 2.75) is 56.7 Å². The number of pyridine rings is 1. The second-order valence-corrected chi connectivity index (χ2v) is 11.3. The van der Waals surface area contributed by atoms with Gasteiger partial charge in [0.25, 0.3) is 0 Å². The molecule has 10 heteroatoms. The van der Waals surface area contributed by atoms with E-state index < -0.39 is 11.3 Å². The van der Waals surface area contributed by atoms with Crippen molar-refractivity contribution in [2.75, 3.05) is 36.5 Å². The van der Waals surface area contributed by atoms with E-state index in [-0.39, 0.29) is 17.4 Å². The van der Waals surface area contributed by atoms with Crippen LogP contribution in [0.25, 0.3) is 0 Å². The minimum Gasteiger partial charge on any atom is -0.444 e. The summed E-state index contributed by atoms with van der Waals surface area (Å²) in [7, 11) is 1.77. The van der Waals surface area contributed by atoms with E-state index in [0.717, 1.165) is 55.4 Å². The molecule has 3 aliphatic heterocycles. The number of aliphatic imine (C=N–C) groups is 1. The van der Waals surface area contributed by atoms with Gasteiger partial charge in [0.15, 0.2) is 5.66 Å². The zero-order valence-electron chi connectivity index (χ0n) is 21.1. The summed E-state index contributed by atoms with van der Waals surface area (Å²) in [5.74, 6) is 2.60. The van der Waals surface area contributed by atoms with Crippen LogP contribution < -0.4 is 9.80 Å². The zero-order valence-corrected chi connectivity index (χ0v) is 21.1. The summed E-state index contributed by atoms with van der Waals surface area (Å²) >= 11 is 0. The number of anilines is 3. The third kappa shape index (κ3) is 3.25. The summed E-state index contributed by atoms with van der Waals surface area (Å²) in [6, 6.07) is 5.74. The molecule has 0 bridgehead atoms. The van der Waals surface area contributed by atoms with Crippen molar-refractivity contribution >= 4 is 29.8 Å². The van der Waals surface area contributed by atoms with Gasteiger partial charge in [-0.3, -0.25) is 9.89 Å². The molecule has 0 aromatic carbocycles. The number of nitrogens with zero attached hydrogens (tertiary/aromatic N) is 8. The lowest BCUT2D eigenvalue weighted by molar-refractivity contribution is 0.00288. The molecule has 5 heterocycles. The van der Waals surface area contributed by atoms with Gasteiger partial charge in [-0.25, -0.2) is 19.7 Å². The molecule has 2 aromatic rings. The molecule has 6 rings (SSSR count). The quantitative estimate of drug-likeness (QED) is 0.649. The van der Waals surface area contributed by atoms with Crippen LogP contribution in [0.15, 0.2) is 29.6 Å². The predicted molar refractivity (Wildman–Crippen MR) is 134 cm³/mol. The molecule has 1 unspecified atom stereocenters. The van der Waals surface area contributed by atoms with Gasteiger partial charge in [-0.1, -0.05) is 6.42 Å². The van der Waals surface area contributed by atoms with Gasteiger partial charge in [0.2, 0.25) is 0 Å². The molecule has 0 N–H and O–H groups in total. The second kappa shape index (κ2) is 7.63. The molecule has 2 aromatic heterocycles. The van der Waals surface area contributed by atoms with E-state index in [1.807, 2.05) is 33.1 Å². The Bertz CT molecular complexity index is 1310. The second-order valence-electron chi connectivity index (χ2n) is 11.3. The summed E-state index contributed by atoms with van der Waals surface area (Å²) in [5, 5.41) is 9.40. The first kappa shape index (κ1) is 22.7. The molecule has 1 aliphatic carbocycles. The number of hydrogen-bond donors (Lipinski definition) is 0. The van der Waals surface area contributed by atoms with Gasteiger partial charge in [-0.15, -0.1) is 0 Å². The maximum Gasteiger partial charge on any atom is 0.412 e. The standard InChI is InChI=1S/C26H30N8O2/c1-24(2,3)36-23(35)32(4)26-15-33(13-18(26)12-31-26)21-20-22(30-16-29-21)34(14-25(20)7-5-8-25)19-10-17(11-27)6-9-28-19/h6,9-10,12,16,18H,5,7-8,13-15H2,1-4H3/t18?,26-/m1/s1. The van der Waals surface area contributed by atoms with E-state index in [4.69, 9.17) is 19.7 Å². The average Bonchev–Trinajstić information content (AvgIpc) is 3.31. The number of aromatic nitrogens is 3. The lowest BCUT2D eigenvalue weighted by Gasteiger charge is -2.43. The molecule has 1 saturated carbocycles. The Balaban J connectivity index is 1.35. The van der Waals surface area contributed by atoms with Crippen LogP contribution >= 0.6 is 0 Å². The van der Waals surface area contributed by atoms with E-state index in [2.05, 4.69) is 20.9 Å². The fourth-order valence-electron chi connectivity index (χ4n) is 5.96. The first-order chi connectivity index (χ1) is 17.2. The van der Waals surface area contributed by atoms with E-state index >= 15 is 0 Å². The minimum atomic E-state index is -0.659. The van der Waals surface area contributed by atoms with Crippen molar-refractivity contribution in [1.82, 2.24) is 19.9 Å². The predicted octanol–water partition coefficient (Wildman–Crippen LogP) is 3.40. The first-order valence-electron chi connectivity index (χ1n) is 12.4. The molecule has 1 spiro atoms. The highest BCUT2D eigenvalue weighted by Gasteiger charge is 2.58. The Morgan fingerprint density at radius 3 is 2.64 bits per heavy atom. The number of amides is 1. The number of carbonyl (C=O) groups excluding carboxylic acids is 1. The van der Waals surface area contributed by atoms with E-state index in [0.29, 0.717) is 12.1 Å². The minimum absolute atomic E-state index is 0.0387. The Morgan fingerprint density at radius 2 is 2.00 bits per heavy atom. The maximum atomic E-state index is 12.9. The molecule has 36 heavy (non-hydrogen) atoms. The van der Waals surface area contributed by atoms with Gasteiger partial charge in [0, 0.05) is 43.5 Å². The molecule has 1 saturated heterocycles. The van der Waals surface area contributed by atoms with Gasteiger partial charge in [0.05, 0.1) is 24.1 Å². The summed E-state index contributed by atoms with van der Waals surface area (Å²) in [5.41, 5.74) is 0.451. The molecule has 4 aliphatic rings. The normalized spacial score (nSPS) is 25.0. The number of fused-ring (bicyclic) bond motifs is 3. The molecule has 2 atom stereocenters. The highest BCUT2D eigenvalue weighted by Crippen LogP contribution is 2.57. The van der Waals surface area contributed by atoms with Crippen molar-refractivity contribution in [1.29, 1.82) is 5.26 Å².